The highest BCUT2D eigenvalue weighted by atomic mass is 16.5. The van der Waals surface area contributed by atoms with Gasteiger partial charge < -0.3 is 9.64 Å². The second-order valence-corrected chi connectivity index (χ2v) is 7.92. The van der Waals surface area contributed by atoms with Crippen LogP contribution in [0.25, 0.3) is 0 Å². The van der Waals surface area contributed by atoms with Gasteiger partial charge in [0.05, 0.1) is 18.1 Å². The molecule has 1 aromatic carbocycles. The van der Waals surface area contributed by atoms with Crippen LogP contribution >= 0.6 is 0 Å². The Morgan fingerprint density at radius 1 is 1.38 bits per heavy atom. The van der Waals surface area contributed by atoms with Gasteiger partial charge in [0, 0.05) is 6.42 Å². The van der Waals surface area contributed by atoms with Crippen molar-refractivity contribution in [3.63, 3.8) is 0 Å². The molecule has 2 saturated heterocycles. The maximum Gasteiger partial charge on any atom is 0.231 e. The molecule has 3 atom stereocenters. The van der Waals surface area contributed by atoms with E-state index in [0.29, 0.717) is 12.5 Å². The molecular weight excluding hydrogens is 298 g/mol. The van der Waals surface area contributed by atoms with E-state index in [9.17, 15) is 4.79 Å². The molecule has 3 nitrogen and oxygen atoms in total. The Bertz CT molecular complexity index is 612. The predicted molar refractivity (Wildman–Crippen MR) is 96.5 cm³/mol. The molecule has 0 saturated carbocycles. The predicted octanol–water partition coefficient (Wildman–Crippen LogP) is 4.19. The van der Waals surface area contributed by atoms with Crippen LogP contribution in [0.3, 0.4) is 0 Å². The van der Waals surface area contributed by atoms with Crippen LogP contribution < -0.4 is 0 Å². The molecule has 24 heavy (non-hydrogen) atoms. The van der Waals surface area contributed by atoms with Crippen molar-refractivity contribution < 1.29 is 9.53 Å². The van der Waals surface area contributed by atoms with Crippen LogP contribution in [0.4, 0.5) is 0 Å². The largest absolute Gasteiger partial charge is 0.354 e. The molecule has 1 amide bonds. The Hall–Kier alpha value is -1.61. The van der Waals surface area contributed by atoms with Gasteiger partial charge in [0.25, 0.3) is 0 Å². The van der Waals surface area contributed by atoms with Gasteiger partial charge >= 0.3 is 0 Å². The molecule has 3 rings (SSSR count). The van der Waals surface area contributed by atoms with E-state index < -0.39 is 5.72 Å². The van der Waals surface area contributed by atoms with E-state index >= 15 is 0 Å². The van der Waals surface area contributed by atoms with Crippen LogP contribution in [0.2, 0.25) is 0 Å². The number of nitrogens with zero attached hydrogens (tertiary/aromatic N) is 1. The summed E-state index contributed by atoms with van der Waals surface area (Å²) in [6.07, 6.45) is 5.16. The zero-order valence-electron chi connectivity index (χ0n) is 15.1. The fourth-order valence-corrected chi connectivity index (χ4v) is 4.50. The first kappa shape index (κ1) is 17.2. The number of allylic oxidation sites excluding steroid dienone is 1. The van der Waals surface area contributed by atoms with E-state index in [-0.39, 0.29) is 17.4 Å². The molecule has 0 radical (unpaired) electrons. The van der Waals surface area contributed by atoms with Crippen molar-refractivity contribution in [2.75, 3.05) is 6.61 Å². The topological polar surface area (TPSA) is 29.5 Å². The van der Waals surface area contributed by atoms with Gasteiger partial charge in [-0.2, -0.15) is 0 Å². The van der Waals surface area contributed by atoms with Gasteiger partial charge in [-0.25, -0.2) is 0 Å². The van der Waals surface area contributed by atoms with Crippen molar-refractivity contribution in [2.45, 2.75) is 58.2 Å². The number of amides is 1. The van der Waals surface area contributed by atoms with Crippen LogP contribution in [0.1, 0.15) is 45.6 Å². The summed E-state index contributed by atoms with van der Waals surface area (Å²) in [5, 5.41) is 0. The first-order chi connectivity index (χ1) is 11.4. The summed E-state index contributed by atoms with van der Waals surface area (Å²) in [4.78, 5) is 15.6. The molecule has 2 heterocycles. The van der Waals surface area contributed by atoms with Crippen molar-refractivity contribution in [3.05, 3.63) is 48.6 Å². The zero-order chi connectivity index (χ0) is 17.4. The van der Waals surface area contributed by atoms with Crippen LogP contribution in [-0.4, -0.2) is 29.2 Å². The molecule has 2 aliphatic rings. The average Bonchev–Trinajstić information content (AvgIpc) is 2.99. The molecular formula is C21H29NO2. The van der Waals surface area contributed by atoms with Crippen LogP contribution in [0.15, 0.2) is 43.0 Å². The van der Waals surface area contributed by atoms with Crippen molar-refractivity contribution in [3.8, 4) is 0 Å². The maximum absolute atomic E-state index is 13.6. The second kappa shape index (κ2) is 6.36. The van der Waals surface area contributed by atoms with E-state index in [0.717, 1.165) is 25.7 Å². The highest BCUT2D eigenvalue weighted by Crippen LogP contribution is 2.52. The average molecular weight is 327 g/mol. The van der Waals surface area contributed by atoms with Gasteiger partial charge in [0.2, 0.25) is 5.91 Å². The van der Waals surface area contributed by atoms with Crippen LogP contribution in [-0.2, 0) is 16.0 Å². The summed E-state index contributed by atoms with van der Waals surface area (Å²) in [7, 11) is 0. The van der Waals surface area contributed by atoms with E-state index in [1.807, 2.05) is 24.3 Å². The SMILES string of the molecule is C=CCC[C@]1(Cc2ccccc2)C[C@@]2(C)OC[C@H](C(C)C)N2C1=O. The number of hydrogen-bond donors (Lipinski definition) is 0. The molecule has 0 unspecified atom stereocenters. The minimum atomic E-state index is -0.456. The van der Waals surface area contributed by atoms with Gasteiger partial charge in [0.1, 0.15) is 5.72 Å². The molecule has 3 heteroatoms. The van der Waals surface area contributed by atoms with Gasteiger partial charge in [-0.1, -0.05) is 50.3 Å². The normalized spacial score (nSPS) is 32.4. The number of rotatable bonds is 6. The summed E-state index contributed by atoms with van der Waals surface area (Å²) in [6.45, 7) is 11.0. The van der Waals surface area contributed by atoms with Crippen LogP contribution in [0.5, 0.6) is 0 Å². The van der Waals surface area contributed by atoms with Crippen LogP contribution in [0, 0.1) is 11.3 Å². The number of fused-ring (bicyclic) bond motifs is 1. The maximum atomic E-state index is 13.6. The summed E-state index contributed by atoms with van der Waals surface area (Å²) in [5.41, 5.74) is 0.389. The number of carbonyl (C=O) groups excluding carboxylic acids is 1. The molecule has 1 aromatic rings. The third kappa shape index (κ3) is 2.79. The molecule has 0 N–H and O–H groups in total. The summed E-state index contributed by atoms with van der Waals surface area (Å²) < 4.78 is 6.16. The zero-order valence-corrected chi connectivity index (χ0v) is 15.1. The minimum absolute atomic E-state index is 0.184. The molecule has 0 spiro atoms. The number of benzene rings is 1. The van der Waals surface area contributed by atoms with Crippen molar-refractivity contribution in [2.24, 2.45) is 11.3 Å². The molecule has 0 aromatic heterocycles. The van der Waals surface area contributed by atoms with Crippen molar-refractivity contribution in [1.82, 2.24) is 4.90 Å². The Kier molecular flexibility index (Phi) is 4.56. The first-order valence-corrected chi connectivity index (χ1v) is 9.04. The number of carbonyl (C=O) groups is 1. The lowest BCUT2D eigenvalue weighted by molar-refractivity contribution is -0.142. The summed E-state index contributed by atoms with van der Waals surface area (Å²) in [5.74, 6) is 0.676. The lowest BCUT2D eigenvalue weighted by Gasteiger charge is -2.32. The van der Waals surface area contributed by atoms with E-state index in [1.54, 1.807) is 0 Å². The Labute approximate surface area is 145 Å². The summed E-state index contributed by atoms with van der Waals surface area (Å²) >= 11 is 0. The van der Waals surface area contributed by atoms with E-state index in [1.165, 1.54) is 5.56 Å². The third-order valence-corrected chi connectivity index (χ3v) is 5.73. The quantitative estimate of drug-likeness (QED) is 0.733. The fourth-order valence-electron chi connectivity index (χ4n) is 4.50. The number of hydrogen-bond acceptors (Lipinski definition) is 2. The smallest absolute Gasteiger partial charge is 0.231 e. The van der Waals surface area contributed by atoms with Crippen molar-refractivity contribution in [1.29, 1.82) is 0 Å². The first-order valence-electron chi connectivity index (χ1n) is 9.04. The monoisotopic (exact) mass is 327 g/mol. The standard InChI is InChI=1S/C21H29NO2/c1-5-6-12-21(13-17-10-8-7-9-11-17)15-20(4)22(19(21)23)18(14-24-20)16(2)3/h5,7-11,16,18H,1,6,12-15H2,2-4H3/t18-,20-,21+/m1/s1. The number of ether oxygens (including phenoxy) is 1. The highest BCUT2D eigenvalue weighted by molar-refractivity contribution is 5.87. The van der Waals surface area contributed by atoms with Gasteiger partial charge in [0.15, 0.2) is 0 Å². The molecule has 0 aliphatic carbocycles. The lowest BCUT2D eigenvalue weighted by Crippen LogP contribution is -2.47. The lowest BCUT2D eigenvalue weighted by atomic mass is 9.74. The van der Waals surface area contributed by atoms with Crippen molar-refractivity contribution >= 4 is 5.91 Å². The van der Waals surface area contributed by atoms with Gasteiger partial charge in [-0.3, -0.25) is 4.79 Å². The fraction of sp³-hybridized carbons (Fsp3) is 0.571. The minimum Gasteiger partial charge on any atom is -0.354 e. The molecule has 2 fully saturated rings. The Morgan fingerprint density at radius 3 is 2.71 bits per heavy atom. The molecule has 0 bridgehead atoms. The summed E-state index contributed by atoms with van der Waals surface area (Å²) in [6, 6.07) is 10.5. The van der Waals surface area contributed by atoms with Gasteiger partial charge in [-0.05, 0) is 37.7 Å². The molecule has 2 aliphatic heterocycles. The second-order valence-electron chi connectivity index (χ2n) is 7.92. The third-order valence-electron chi connectivity index (χ3n) is 5.73. The van der Waals surface area contributed by atoms with E-state index in [4.69, 9.17) is 4.74 Å². The molecule has 130 valence electrons. The Morgan fingerprint density at radius 2 is 2.08 bits per heavy atom. The Balaban J connectivity index is 1.95. The van der Waals surface area contributed by atoms with E-state index in [2.05, 4.69) is 44.4 Å². The highest BCUT2D eigenvalue weighted by Gasteiger charge is 2.62. The van der Waals surface area contributed by atoms with Gasteiger partial charge in [-0.15, -0.1) is 6.58 Å².